The number of hydrogen-bond acceptors (Lipinski definition) is 4. The van der Waals surface area contributed by atoms with E-state index in [1.165, 1.54) is 0 Å². The topological polar surface area (TPSA) is 61.6 Å². The predicted molar refractivity (Wildman–Crippen MR) is 84.0 cm³/mol. The second kappa shape index (κ2) is 6.56. The van der Waals surface area contributed by atoms with Gasteiger partial charge in [-0.05, 0) is 25.7 Å². The molecule has 2 aliphatic rings. The van der Waals surface area contributed by atoms with Crippen molar-refractivity contribution in [1.82, 2.24) is 19.6 Å². The van der Waals surface area contributed by atoms with Gasteiger partial charge in [0.2, 0.25) is 0 Å². The van der Waals surface area contributed by atoms with Gasteiger partial charge in [0.1, 0.15) is 0 Å². The molecule has 3 heterocycles. The molecule has 3 rings (SSSR count). The number of halogens is 1. The zero-order chi connectivity index (χ0) is 15.7. The lowest BCUT2D eigenvalue weighted by atomic mass is 9.99. The number of amides is 1. The van der Waals surface area contributed by atoms with E-state index in [4.69, 9.17) is 11.6 Å². The zero-order valence-electron chi connectivity index (χ0n) is 12.9. The fourth-order valence-corrected chi connectivity index (χ4v) is 3.70. The molecule has 6 nitrogen and oxygen atoms in total. The average Bonchev–Trinajstić information content (AvgIpc) is 2.86. The molecule has 0 bridgehead atoms. The number of nitrogens with zero attached hydrogens (tertiary/aromatic N) is 4. The summed E-state index contributed by atoms with van der Waals surface area (Å²) >= 11 is 6.06. The molecule has 2 aliphatic heterocycles. The van der Waals surface area contributed by atoms with Crippen molar-refractivity contribution in [1.29, 1.82) is 0 Å². The Morgan fingerprint density at radius 2 is 1.86 bits per heavy atom. The number of piperidine rings is 2. The van der Waals surface area contributed by atoms with Crippen LogP contribution >= 0.6 is 11.6 Å². The van der Waals surface area contributed by atoms with Crippen LogP contribution in [0, 0.1) is 0 Å². The van der Waals surface area contributed by atoms with E-state index in [1.54, 1.807) is 17.9 Å². The number of aryl methyl sites for hydroxylation is 1. The molecule has 2 saturated heterocycles. The van der Waals surface area contributed by atoms with Crippen LogP contribution in [0.25, 0.3) is 0 Å². The van der Waals surface area contributed by atoms with Gasteiger partial charge in [-0.15, -0.1) is 0 Å². The Hall–Kier alpha value is -1.11. The zero-order valence-corrected chi connectivity index (χ0v) is 13.7. The molecule has 1 N–H and O–H groups in total. The first kappa shape index (κ1) is 15.8. The van der Waals surface area contributed by atoms with Crippen molar-refractivity contribution in [2.45, 2.75) is 37.8 Å². The number of carbonyl (C=O) groups excluding carboxylic acids is 1. The maximum atomic E-state index is 12.5. The lowest BCUT2D eigenvalue weighted by Crippen LogP contribution is -2.49. The molecule has 1 aromatic rings. The Morgan fingerprint density at radius 3 is 2.41 bits per heavy atom. The molecule has 0 spiro atoms. The first-order valence-corrected chi connectivity index (χ1v) is 8.33. The molecular formula is C15H23ClN4O2. The number of likely N-dealkylation sites (tertiary alicyclic amines) is 2. The molecule has 0 aliphatic carbocycles. The van der Waals surface area contributed by atoms with Gasteiger partial charge in [0, 0.05) is 45.5 Å². The van der Waals surface area contributed by atoms with E-state index >= 15 is 0 Å². The average molecular weight is 327 g/mol. The first-order chi connectivity index (χ1) is 10.5. The molecule has 1 aromatic heterocycles. The van der Waals surface area contributed by atoms with Crippen LogP contribution in [0.1, 0.15) is 36.2 Å². The maximum absolute atomic E-state index is 12.5. The van der Waals surface area contributed by atoms with Crippen molar-refractivity contribution in [3.8, 4) is 0 Å². The highest BCUT2D eigenvalue weighted by atomic mass is 35.5. The monoisotopic (exact) mass is 326 g/mol. The number of aromatic nitrogens is 2. The fraction of sp³-hybridized carbons (Fsp3) is 0.733. The SMILES string of the molecule is Cn1cc(Cl)c(C(=O)N2CCC(N3CCC(O)CC3)CC2)n1. The van der Waals surface area contributed by atoms with Crippen molar-refractivity contribution in [3.05, 3.63) is 16.9 Å². The van der Waals surface area contributed by atoms with Gasteiger partial charge in [0.25, 0.3) is 5.91 Å². The van der Waals surface area contributed by atoms with E-state index in [0.717, 1.165) is 51.9 Å². The Bertz CT molecular complexity index is 532. The largest absolute Gasteiger partial charge is 0.393 e. The highest BCUT2D eigenvalue weighted by molar-refractivity contribution is 6.33. The van der Waals surface area contributed by atoms with Gasteiger partial charge in [-0.1, -0.05) is 11.6 Å². The fourth-order valence-electron chi connectivity index (χ4n) is 3.44. The third-order valence-electron chi connectivity index (χ3n) is 4.75. The van der Waals surface area contributed by atoms with Crippen LogP contribution in [0.5, 0.6) is 0 Å². The van der Waals surface area contributed by atoms with Crippen LogP contribution in [0.3, 0.4) is 0 Å². The number of carbonyl (C=O) groups is 1. The third kappa shape index (κ3) is 3.29. The van der Waals surface area contributed by atoms with Crippen molar-refractivity contribution in [3.63, 3.8) is 0 Å². The first-order valence-electron chi connectivity index (χ1n) is 7.95. The molecule has 122 valence electrons. The lowest BCUT2D eigenvalue weighted by Gasteiger charge is -2.41. The molecule has 0 saturated carbocycles. The van der Waals surface area contributed by atoms with Crippen LogP contribution in [0.4, 0.5) is 0 Å². The molecule has 0 radical (unpaired) electrons. The molecule has 0 aromatic carbocycles. The minimum absolute atomic E-state index is 0.0712. The number of aliphatic hydroxyl groups excluding tert-OH is 1. The normalized spacial score (nSPS) is 22.2. The molecule has 22 heavy (non-hydrogen) atoms. The maximum Gasteiger partial charge on any atom is 0.275 e. The standard InChI is InChI=1S/C15H23ClN4O2/c1-18-10-13(16)14(17-18)15(22)20-6-2-11(3-7-20)19-8-4-12(21)5-9-19/h10-12,21H,2-9H2,1H3. The number of hydrogen-bond donors (Lipinski definition) is 1. The van der Waals surface area contributed by atoms with Crippen LogP contribution in [-0.2, 0) is 7.05 Å². The third-order valence-corrected chi connectivity index (χ3v) is 5.03. The summed E-state index contributed by atoms with van der Waals surface area (Å²) in [6, 6.07) is 0.524. The molecule has 0 unspecified atom stereocenters. The van der Waals surface area contributed by atoms with E-state index in [-0.39, 0.29) is 12.0 Å². The molecule has 0 atom stereocenters. The quantitative estimate of drug-likeness (QED) is 0.885. The molecule has 1 amide bonds. The second-order valence-electron chi connectivity index (χ2n) is 6.29. The van der Waals surface area contributed by atoms with E-state index in [2.05, 4.69) is 10.00 Å². The summed E-state index contributed by atoms with van der Waals surface area (Å²) in [5.74, 6) is -0.0712. The van der Waals surface area contributed by atoms with Gasteiger partial charge in [-0.25, -0.2) is 0 Å². The smallest absolute Gasteiger partial charge is 0.275 e. The Morgan fingerprint density at radius 1 is 1.23 bits per heavy atom. The van der Waals surface area contributed by atoms with Gasteiger partial charge in [0.05, 0.1) is 11.1 Å². The van der Waals surface area contributed by atoms with Crippen molar-refractivity contribution < 1.29 is 9.90 Å². The summed E-state index contributed by atoms with van der Waals surface area (Å²) in [6.45, 7) is 3.42. The highest BCUT2D eigenvalue weighted by Crippen LogP contribution is 2.23. The summed E-state index contributed by atoms with van der Waals surface area (Å²) in [5.41, 5.74) is 0.351. The lowest BCUT2D eigenvalue weighted by molar-refractivity contribution is 0.0355. The van der Waals surface area contributed by atoms with Crippen molar-refractivity contribution >= 4 is 17.5 Å². The number of aliphatic hydroxyl groups is 1. The highest BCUT2D eigenvalue weighted by Gasteiger charge is 2.30. The van der Waals surface area contributed by atoms with Crippen LogP contribution < -0.4 is 0 Å². The minimum Gasteiger partial charge on any atom is -0.393 e. The Balaban J connectivity index is 1.55. The van der Waals surface area contributed by atoms with Crippen LogP contribution in [0.15, 0.2) is 6.20 Å². The summed E-state index contributed by atoms with van der Waals surface area (Å²) in [7, 11) is 1.76. The van der Waals surface area contributed by atoms with Gasteiger partial charge < -0.3 is 14.9 Å². The van der Waals surface area contributed by atoms with Crippen LogP contribution in [-0.4, -0.2) is 68.9 Å². The minimum atomic E-state index is -0.135. The molecule has 2 fully saturated rings. The Labute approximate surface area is 135 Å². The van der Waals surface area contributed by atoms with Gasteiger partial charge in [0.15, 0.2) is 5.69 Å². The van der Waals surface area contributed by atoms with E-state index in [9.17, 15) is 9.90 Å². The van der Waals surface area contributed by atoms with Crippen LogP contribution in [0.2, 0.25) is 5.02 Å². The number of rotatable bonds is 2. The van der Waals surface area contributed by atoms with Crippen molar-refractivity contribution in [2.24, 2.45) is 7.05 Å². The molecular weight excluding hydrogens is 304 g/mol. The Kier molecular flexibility index (Phi) is 4.70. The summed E-state index contributed by atoms with van der Waals surface area (Å²) in [5, 5.41) is 14.2. The second-order valence-corrected chi connectivity index (χ2v) is 6.70. The van der Waals surface area contributed by atoms with Gasteiger partial charge in [-0.3, -0.25) is 9.48 Å². The summed E-state index contributed by atoms with van der Waals surface area (Å²) < 4.78 is 1.57. The van der Waals surface area contributed by atoms with Gasteiger partial charge in [-0.2, -0.15) is 5.10 Å². The van der Waals surface area contributed by atoms with E-state index in [1.807, 2.05) is 4.90 Å². The van der Waals surface area contributed by atoms with E-state index in [0.29, 0.717) is 16.8 Å². The van der Waals surface area contributed by atoms with Gasteiger partial charge >= 0.3 is 0 Å². The van der Waals surface area contributed by atoms with E-state index < -0.39 is 0 Å². The molecule has 7 heteroatoms. The summed E-state index contributed by atoms with van der Waals surface area (Å²) in [6.07, 6.45) is 5.20. The summed E-state index contributed by atoms with van der Waals surface area (Å²) in [4.78, 5) is 16.8. The predicted octanol–water partition coefficient (Wildman–Crippen LogP) is 1.13. The van der Waals surface area contributed by atoms with Crippen molar-refractivity contribution in [2.75, 3.05) is 26.2 Å².